The van der Waals surface area contributed by atoms with E-state index in [1.165, 1.54) is 7.11 Å². The molecule has 504 valence electrons. The lowest BCUT2D eigenvalue weighted by atomic mass is 9.91. The number of rotatable bonds is 38. The Morgan fingerprint density at radius 2 is 0.500 bits per heavy atom. The molecule has 0 atom stereocenters. The highest BCUT2D eigenvalue weighted by Crippen LogP contribution is 2.41. The van der Waals surface area contributed by atoms with E-state index in [1.54, 1.807) is 0 Å². The van der Waals surface area contributed by atoms with E-state index in [9.17, 15) is 9.59 Å². The Kier molecular flexibility index (Phi) is 32.9. The number of hydrogen-bond donors (Lipinski definition) is 0. The van der Waals surface area contributed by atoms with Gasteiger partial charge in [-0.05, 0) is 269 Å². The van der Waals surface area contributed by atoms with Gasteiger partial charge in [-0.3, -0.25) is 9.59 Å². The van der Waals surface area contributed by atoms with Crippen molar-refractivity contribution in [1.82, 2.24) is 0 Å². The maximum Gasteiger partial charge on any atom is 0.509 e. The Bertz CT molecular complexity index is 1830. The van der Waals surface area contributed by atoms with Gasteiger partial charge in [0.05, 0.1) is 17.9 Å². The van der Waals surface area contributed by atoms with Crippen molar-refractivity contribution in [1.29, 1.82) is 0 Å². The average Bonchev–Trinajstić information content (AvgIpc) is 3.14. The maximum absolute atomic E-state index is 14.4. The molecule has 0 aliphatic rings. The fraction of sp³-hybridized carbons (Fsp3) is 0.962. The average molecular weight is 1470 g/mol. The minimum Gasteiger partial charge on any atom is -0.469 e. The second kappa shape index (κ2) is 31.4. The molecular weight excluding hydrogens is 1330 g/mol. The summed E-state index contributed by atoms with van der Waals surface area (Å²) < 4.78 is 101. The Hall–Kier alpha value is 1.93. The van der Waals surface area contributed by atoms with Gasteiger partial charge < -0.3 is 58.9 Å². The van der Waals surface area contributed by atoms with Crippen LogP contribution >= 0.6 is 0 Å². The van der Waals surface area contributed by atoms with Crippen LogP contribution in [-0.4, -0.2) is 160 Å². The molecular formula is C52H136O16Si16. The molecule has 0 aromatic heterocycles. The lowest BCUT2D eigenvalue weighted by Crippen LogP contribution is -2.68. The summed E-state index contributed by atoms with van der Waals surface area (Å²) in [6, 6.07) is 2.50. The van der Waals surface area contributed by atoms with Crippen molar-refractivity contribution in [3.8, 4) is 0 Å². The van der Waals surface area contributed by atoms with E-state index in [0.29, 0.717) is 36.3 Å². The second-order valence-corrected chi connectivity index (χ2v) is 103. The van der Waals surface area contributed by atoms with Gasteiger partial charge in [-0.15, -0.1) is 0 Å². The van der Waals surface area contributed by atoms with Gasteiger partial charge in [0.1, 0.15) is 0 Å². The SMILES string of the molecule is CCC(C)(C)C(=O)OC.CCC(C)(C)C(=O)OC[Si](O[Si](C)(C)CC[Si](O[Si](C)(C)C)(O[Si](C)(C)C)O[Si](C)(C)C)(O[Si](C)(C)CC[Si](O[Si](C)(C)C)(O[Si](C)(C)C)O[Si](C)(C)C)O[Si](C)(C)C[Si](O[Si](C)(C)C)(O[Si](C)(C)C)O[Si](C)(C)C. The highest BCUT2D eigenvalue weighted by molar-refractivity contribution is 7.00. The van der Waals surface area contributed by atoms with Gasteiger partial charge in [0, 0.05) is 17.8 Å². The van der Waals surface area contributed by atoms with Crippen molar-refractivity contribution in [3.63, 3.8) is 0 Å². The predicted molar refractivity (Wildman–Crippen MR) is 394 cm³/mol. The first-order valence-electron chi connectivity index (χ1n) is 31.0. The number of esters is 2. The number of hydrogen-bond acceptors (Lipinski definition) is 16. The molecule has 84 heavy (non-hydrogen) atoms. The van der Waals surface area contributed by atoms with Crippen LogP contribution in [-0.2, 0) is 68.4 Å². The fourth-order valence-electron chi connectivity index (χ4n) is 8.70. The van der Waals surface area contributed by atoms with Crippen molar-refractivity contribution in [2.45, 2.75) is 300 Å². The molecule has 0 radical (unpaired) electrons. The van der Waals surface area contributed by atoms with Gasteiger partial charge in [0.2, 0.25) is 0 Å². The van der Waals surface area contributed by atoms with Gasteiger partial charge in [0.25, 0.3) is 0 Å². The number of carbonyl (C=O) groups excluding carboxylic acids is 2. The summed E-state index contributed by atoms with van der Waals surface area (Å²) in [6.07, 6.45) is 1.28. The summed E-state index contributed by atoms with van der Waals surface area (Å²) in [4.78, 5) is 25.3. The van der Waals surface area contributed by atoms with Crippen LogP contribution in [0.5, 0.6) is 0 Å². The van der Waals surface area contributed by atoms with E-state index in [-0.39, 0.29) is 23.6 Å². The molecule has 0 spiro atoms. The molecule has 0 saturated heterocycles. The highest BCUT2D eigenvalue weighted by Gasteiger charge is 2.61. The zero-order valence-electron chi connectivity index (χ0n) is 62.2. The first-order valence-corrected chi connectivity index (χ1v) is 78.8. The minimum atomic E-state index is -4.14. The molecule has 0 aromatic carbocycles. The van der Waals surface area contributed by atoms with E-state index in [0.717, 1.165) is 6.42 Å². The zero-order chi connectivity index (χ0) is 67.7. The standard InChI is InChI=1S/C45H122O14Si16.C7H14O2/c1-37-45(2,3)44(46)47-42-74(59-71(35,36)43-75(54-66(22,23)24,55-67(25,26)27)56-68(28,29)30,57-69(31,32)38-40-72(48-60(4,5)6,49-61(7,8)9)50-62(10,11)12)58-70(33,34)39-41-73(51-63(13,14)15,52-64(16,17)18)53-65(19,20)21;1-5-7(2,3)6(8)9-4/h37-43H2,1-36H3;5H2,1-4H3. The van der Waals surface area contributed by atoms with Crippen LogP contribution in [0.15, 0.2) is 0 Å². The first kappa shape index (κ1) is 88.0. The second-order valence-electron chi connectivity index (χ2n) is 35.0. The third-order valence-electron chi connectivity index (χ3n) is 11.6. The topological polar surface area (TPSA) is 163 Å². The van der Waals surface area contributed by atoms with Crippen molar-refractivity contribution in [3.05, 3.63) is 0 Å². The number of methoxy groups -OCH3 is 1. The molecule has 0 aromatic rings. The van der Waals surface area contributed by atoms with Crippen molar-refractivity contribution in [2.75, 3.05) is 13.3 Å². The van der Waals surface area contributed by atoms with E-state index in [1.807, 2.05) is 41.5 Å². The molecule has 32 heteroatoms. The predicted octanol–water partition coefficient (Wildman–Crippen LogP) is 17.7. The van der Waals surface area contributed by atoms with Crippen LogP contribution < -0.4 is 0 Å². The van der Waals surface area contributed by atoms with E-state index in [2.05, 4.69) is 221 Å². The van der Waals surface area contributed by atoms with Gasteiger partial charge in [-0.2, -0.15) is 0 Å². The monoisotopic (exact) mass is 1460 g/mol. The summed E-state index contributed by atoms with van der Waals surface area (Å²) in [6.45, 7) is 85.1. The Labute approximate surface area is 535 Å². The van der Waals surface area contributed by atoms with Crippen LogP contribution in [0.25, 0.3) is 0 Å². The molecule has 0 bridgehead atoms. The van der Waals surface area contributed by atoms with Gasteiger partial charge in [-0.1, -0.05) is 13.8 Å². The van der Waals surface area contributed by atoms with E-state index in [4.69, 9.17) is 54.1 Å². The molecule has 0 heterocycles. The summed E-state index contributed by atoms with van der Waals surface area (Å²) in [5.74, 6) is -0.444. The van der Waals surface area contributed by atoms with Crippen LogP contribution in [0.1, 0.15) is 54.4 Å². The number of ether oxygens (including phenoxy) is 2. The molecule has 0 amide bonds. The molecule has 0 unspecified atom stereocenters. The first-order chi connectivity index (χ1) is 36.3. The van der Waals surface area contributed by atoms with Crippen molar-refractivity contribution in [2.24, 2.45) is 10.8 Å². The summed E-state index contributed by atoms with van der Waals surface area (Å²) in [7, 11) is -41.7. The summed E-state index contributed by atoms with van der Waals surface area (Å²) in [5, 5.41) is 0. The van der Waals surface area contributed by atoms with Gasteiger partial charge >= 0.3 is 47.2 Å². The Balaban J connectivity index is 0. The lowest BCUT2D eigenvalue weighted by molar-refractivity contribution is -0.153. The normalized spacial score (nSPS) is 15.2. The molecule has 0 aliphatic carbocycles. The molecule has 0 saturated carbocycles. The fourth-order valence-corrected chi connectivity index (χ4v) is 78.4. The van der Waals surface area contributed by atoms with Crippen LogP contribution in [0, 0.1) is 10.8 Å². The third-order valence-corrected chi connectivity index (χ3v) is 66.5. The molecule has 16 nitrogen and oxygen atoms in total. The quantitative estimate of drug-likeness (QED) is 0.0423. The minimum absolute atomic E-state index is 0.134. The maximum atomic E-state index is 14.4. The number of carbonyl (C=O) groups is 2. The smallest absolute Gasteiger partial charge is 0.469 e. The zero-order valence-corrected chi connectivity index (χ0v) is 78.2. The van der Waals surface area contributed by atoms with Crippen molar-refractivity contribution < 1.29 is 68.4 Å². The Morgan fingerprint density at radius 3 is 0.702 bits per heavy atom. The third kappa shape index (κ3) is 40.1. The van der Waals surface area contributed by atoms with Crippen molar-refractivity contribution >= 4 is 147 Å². The summed E-state index contributed by atoms with van der Waals surface area (Å²) >= 11 is 0. The highest BCUT2D eigenvalue weighted by atomic mass is 28.5. The molecule has 0 N–H and O–H groups in total. The van der Waals surface area contributed by atoms with Crippen LogP contribution in [0.3, 0.4) is 0 Å². The van der Waals surface area contributed by atoms with Gasteiger partial charge in [-0.25, -0.2) is 0 Å². The largest absolute Gasteiger partial charge is 0.509 e. The van der Waals surface area contributed by atoms with Gasteiger partial charge in [0.15, 0.2) is 106 Å². The van der Waals surface area contributed by atoms with E-state index >= 15 is 0 Å². The lowest BCUT2D eigenvalue weighted by Gasteiger charge is -2.49. The molecule has 0 fully saturated rings. The Morgan fingerprint density at radius 1 is 0.286 bits per heavy atom. The van der Waals surface area contributed by atoms with Crippen LogP contribution in [0.2, 0.25) is 246 Å². The van der Waals surface area contributed by atoms with E-state index < -0.39 is 140 Å². The molecule has 0 aliphatic heterocycles. The summed E-state index contributed by atoms with van der Waals surface area (Å²) in [5.41, 5.74) is -0.574. The molecule has 0 rings (SSSR count). The van der Waals surface area contributed by atoms with Crippen LogP contribution in [0.4, 0.5) is 0 Å².